The molecule has 1 aromatic heterocycles. The molecule has 2 heteroatoms. The maximum atomic E-state index is 3.54. The van der Waals surface area contributed by atoms with Gasteiger partial charge < -0.3 is 10.3 Å². The van der Waals surface area contributed by atoms with Crippen LogP contribution < -0.4 is 5.32 Å². The van der Waals surface area contributed by atoms with E-state index in [-0.39, 0.29) is 0 Å². The normalized spacial score (nSPS) is 11.1. The van der Waals surface area contributed by atoms with Crippen molar-refractivity contribution < 1.29 is 0 Å². The van der Waals surface area contributed by atoms with Crippen LogP contribution in [0.25, 0.3) is 10.9 Å². The van der Waals surface area contributed by atoms with Crippen molar-refractivity contribution in [3.05, 3.63) is 71.4 Å². The third-order valence-corrected chi connectivity index (χ3v) is 3.96. The van der Waals surface area contributed by atoms with Gasteiger partial charge in [0.05, 0.1) is 0 Å². The molecule has 2 aromatic carbocycles. The molecule has 1 heterocycles. The van der Waals surface area contributed by atoms with E-state index in [1.165, 1.54) is 27.6 Å². The number of H-pyrrole nitrogens is 1. The summed E-state index contributed by atoms with van der Waals surface area (Å²) < 4.78 is 0. The smallest absolute Gasteiger partial charge is 0.0456 e. The molecule has 0 unspecified atom stereocenters. The second kappa shape index (κ2) is 6.59. The van der Waals surface area contributed by atoms with Gasteiger partial charge in [-0.2, -0.15) is 0 Å². The number of aryl methyl sites for hydroxylation is 1. The SMILES string of the molecule is Cc1ccc(CCNCCc2c[nH]c3ccccc23)cc1. The first-order chi connectivity index (χ1) is 10.3. The molecule has 0 amide bonds. The summed E-state index contributed by atoms with van der Waals surface area (Å²) in [5.41, 5.74) is 5.35. The summed E-state index contributed by atoms with van der Waals surface area (Å²) >= 11 is 0. The minimum Gasteiger partial charge on any atom is -0.361 e. The first-order valence-corrected chi connectivity index (χ1v) is 7.64. The molecule has 0 spiro atoms. The lowest BCUT2D eigenvalue weighted by Crippen LogP contribution is -2.20. The number of rotatable bonds is 6. The Morgan fingerprint density at radius 1 is 0.905 bits per heavy atom. The number of aromatic nitrogens is 1. The van der Waals surface area contributed by atoms with Crippen molar-refractivity contribution in [3.8, 4) is 0 Å². The molecule has 0 saturated carbocycles. The highest BCUT2D eigenvalue weighted by atomic mass is 14.8. The standard InChI is InChI=1S/C19H22N2/c1-15-6-8-16(9-7-15)10-12-20-13-11-17-14-21-19-5-3-2-4-18(17)19/h2-9,14,20-21H,10-13H2,1H3. The van der Waals surface area contributed by atoms with Gasteiger partial charge in [0.1, 0.15) is 0 Å². The summed E-state index contributed by atoms with van der Waals surface area (Å²) in [4.78, 5) is 3.33. The number of para-hydroxylation sites is 1. The van der Waals surface area contributed by atoms with E-state index in [9.17, 15) is 0 Å². The van der Waals surface area contributed by atoms with Crippen molar-refractivity contribution in [2.24, 2.45) is 0 Å². The number of aromatic amines is 1. The molecular weight excluding hydrogens is 256 g/mol. The van der Waals surface area contributed by atoms with Crippen LogP contribution in [0.1, 0.15) is 16.7 Å². The highest BCUT2D eigenvalue weighted by Gasteiger charge is 2.02. The zero-order valence-electron chi connectivity index (χ0n) is 12.5. The van der Waals surface area contributed by atoms with E-state index in [1.54, 1.807) is 0 Å². The van der Waals surface area contributed by atoms with Gasteiger partial charge in [0.15, 0.2) is 0 Å². The van der Waals surface area contributed by atoms with Crippen molar-refractivity contribution in [1.29, 1.82) is 0 Å². The van der Waals surface area contributed by atoms with Crippen molar-refractivity contribution in [1.82, 2.24) is 10.3 Å². The van der Waals surface area contributed by atoms with Crippen LogP contribution in [0.4, 0.5) is 0 Å². The molecular formula is C19H22N2. The molecule has 3 rings (SSSR count). The lowest BCUT2D eigenvalue weighted by Gasteiger charge is -2.05. The van der Waals surface area contributed by atoms with Gasteiger partial charge in [-0.15, -0.1) is 0 Å². The summed E-state index contributed by atoms with van der Waals surface area (Å²) in [5.74, 6) is 0. The molecule has 0 aliphatic heterocycles. The second-order valence-corrected chi connectivity index (χ2v) is 5.60. The van der Waals surface area contributed by atoms with E-state index in [2.05, 4.69) is 72.0 Å². The number of benzene rings is 2. The van der Waals surface area contributed by atoms with Crippen LogP contribution in [-0.4, -0.2) is 18.1 Å². The summed E-state index contributed by atoms with van der Waals surface area (Å²) in [6.45, 7) is 4.18. The third-order valence-electron chi connectivity index (χ3n) is 3.96. The van der Waals surface area contributed by atoms with Crippen LogP contribution in [0.3, 0.4) is 0 Å². The Labute approximate surface area is 126 Å². The van der Waals surface area contributed by atoms with Crippen LogP contribution >= 0.6 is 0 Å². The Balaban J connectivity index is 1.45. The molecule has 0 fully saturated rings. The predicted molar refractivity (Wildman–Crippen MR) is 89.8 cm³/mol. The molecule has 0 aliphatic rings. The van der Waals surface area contributed by atoms with Crippen molar-refractivity contribution in [2.75, 3.05) is 13.1 Å². The highest BCUT2D eigenvalue weighted by Crippen LogP contribution is 2.17. The minimum absolute atomic E-state index is 1.02. The Morgan fingerprint density at radius 2 is 1.67 bits per heavy atom. The lowest BCUT2D eigenvalue weighted by atomic mass is 10.1. The van der Waals surface area contributed by atoms with Crippen molar-refractivity contribution in [2.45, 2.75) is 19.8 Å². The van der Waals surface area contributed by atoms with Gasteiger partial charge in [-0.25, -0.2) is 0 Å². The summed E-state index contributed by atoms with van der Waals surface area (Å²) in [5, 5.41) is 4.88. The molecule has 2 N–H and O–H groups in total. The van der Waals surface area contributed by atoms with Crippen LogP contribution in [0.5, 0.6) is 0 Å². The van der Waals surface area contributed by atoms with Gasteiger partial charge in [-0.1, -0.05) is 48.0 Å². The van der Waals surface area contributed by atoms with Crippen molar-refractivity contribution in [3.63, 3.8) is 0 Å². The quantitative estimate of drug-likeness (QED) is 0.659. The lowest BCUT2D eigenvalue weighted by molar-refractivity contribution is 0.683. The Bertz CT molecular complexity index is 695. The van der Waals surface area contributed by atoms with Crippen LogP contribution in [-0.2, 0) is 12.8 Å². The second-order valence-electron chi connectivity index (χ2n) is 5.60. The van der Waals surface area contributed by atoms with Crippen LogP contribution in [0.2, 0.25) is 0 Å². The van der Waals surface area contributed by atoms with E-state index in [0.29, 0.717) is 0 Å². The fraction of sp³-hybridized carbons (Fsp3) is 0.263. The van der Waals surface area contributed by atoms with Gasteiger partial charge in [-0.3, -0.25) is 0 Å². The van der Waals surface area contributed by atoms with Gasteiger partial charge in [0, 0.05) is 17.1 Å². The highest BCUT2D eigenvalue weighted by molar-refractivity contribution is 5.83. The number of hydrogen-bond acceptors (Lipinski definition) is 1. The van der Waals surface area contributed by atoms with E-state index < -0.39 is 0 Å². The van der Waals surface area contributed by atoms with Crippen LogP contribution in [0.15, 0.2) is 54.7 Å². The van der Waals surface area contributed by atoms with Crippen molar-refractivity contribution >= 4 is 10.9 Å². The Morgan fingerprint density at radius 3 is 2.52 bits per heavy atom. The Kier molecular flexibility index (Phi) is 4.37. The monoisotopic (exact) mass is 278 g/mol. The Hall–Kier alpha value is -2.06. The first-order valence-electron chi connectivity index (χ1n) is 7.64. The van der Waals surface area contributed by atoms with E-state index in [4.69, 9.17) is 0 Å². The van der Waals surface area contributed by atoms with E-state index >= 15 is 0 Å². The average Bonchev–Trinajstić information content (AvgIpc) is 2.92. The summed E-state index contributed by atoms with van der Waals surface area (Å²) in [6.07, 6.45) is 4.29. The molecule has 2 nitrogen and oxygen atoms in total. The van der Waals surface area contributed by atoms with Gasteiger partial charge in [-0.05, 0) is 50.0 Å². The first kappa shape index (κ1) is 13.9. The fourth-order valence-corrected chi connectivity index (χ4v) is 2.67. The van der Waals surface area contributed by atoms with Gasteiger partial charge in [0.2, 0.25) is 0 Å². The van der Waals surface area contributed by atoms with Gasteiger partial charge >= 0.3 is 0 Å². The molecule has 0 aliphatic carbocycles. The molecule has 108 valence electrons. The number of nitrogens with one attached hydrogen (secondary N) is 2. The molecule has 0 atom stereocenters. The predicted octanol–water partition coefficient (Wildman–Crippen LogP) is 3.85. The number of fused-ring (bicyclic) bond motifs is 1. The fourth-order valence-electron chi connectivity index (χ4n) is 2.67. The minimum atomic E-state index is 1.02. The summed E-state index contributed by atoms with van der Waals surface area (Å²) in [7, 11) is 0. The zero-order chi connectivity index (χ0) is 14.5. The van der Waals surface area contributed by atoms with E-state index in [0.717, 1.165) is 25.9 Å². The third kappa shape index (κ3) is 3.53. The largest absolute Gasteiger partial charge is 0.361 e. The van der Waals surface area contributed by atoms with Gasteiger partial charge in [0.25, 0.3) is 0 Å². The molecule has 0 saturated heterocycles. The molecule has 21 heavy (non-hydrogen) atoms. The summed E-state index contributed by atoms with van der Waals surface area (Å²) in [6, 6.07) is 17.3. The van der Waals surface area contributed by atoms with E-state index in [1.807, 2.05) is 0 Å². The maximum Gasteiger partial charge on any atom is 0.0456 e. The molecule has 3 aromatic rings. The average molecular weight is 278 g/mol. The molecule has 0 bridgehead atoms. The number of hydrogen-bond donors (Lipinski definition) is 2. The maximum absolute atomic E-state index is 3.54. The van der Waals surface area contributed by atoms with Crippen LogP contribution in [0, 0.1) is 6.92 Å². The topological polar surface area (TPSA) is 27.8 Å². The molecule has 0 radical (unpaired) electrons. The zero-order valence-corrected chi connectivity index (χ0v) is 12.5.